The van der Waals surface area contributed by atoms with E-state index in [4.69, 9.17) is 10.00 Å². The molecule has 1 fully saturated rings. The van der Waals surface area contributed by atoms with Crippen LogP contribution in [0.4, 0.5) is 5.82 Å². The van der Waals surface area contributed by atoms with Gasteiger partial charge in [0.2, 0.25) is 0 Å². The molecule has 22 heavy (non-hydrogen) atoms. The molecule has 0 radical (unpaired) electrons. The summed E-state index contributed by atoms with van der Waals surface area (Å²) in [7, 11) is 0. The number of pyridine rings is 1. The van der Waals surface area contributed by atoms with Crippen LogP contribution in [0.1, 0.15) is 30.1 Å². The van der Waals surface area contributed by atoms with Crippen molar-refractivity contribution in [1.82, 2.24) is 4.98 Å². The van der Waals surface area contributed by atoms with Crippen molar-refractivity contribution in [2.24, 2.45) is 5.92 Å². The topological polar surface area (TPSA) is 57.9 Å². The van der Waals surface area contributed by atoms with Gasteiger partial charge in [-0.2, -0.15) is 5.26 Å². The number of hydrogen-bond donors (Lipinski definition) is 1. The first-order valence-electron chi connectivity index (χ1n) is 7.64. The van der Waals surface area contributed by atoms with Gasteiger partial charge in [0.15, 0.2) is 0 Å². The normalized spacial score (nSPS) is 21.0. The summed E-state index contributed by atoms with van der Waals surface area (Å²) in [5.41, 5.74) is 1.80. The van der Waals surface area contributed by atoms with Crippen molar-refractivity contribution in [2.75, 3.05) is 18.5 Å². The lowest BCUT2D eigenvalue weighted by atomic mass is 9.89. The average Bonchev–Trinajstić information content (AvgIpc) is 2.61. The van der Waals surface area contributed by atoms with Gasteiger partial charge in [-0.3, -0.25) is 0 Å². The number of benzene rings is 1. The van der Waals surface area contributed by atoms with Crippen molar-refractivity contribution < 1.29 is 4.74 Å². The van der Waals surface area contributed by atoms with E-state index in [0.29, 0.717) is 17.3 Å². The zero-order valence-electron chi connectivity index (χ0n) is 12.4. The summed E-state index contributed by atoms with van der Waals surface area (Å²) in [6, 6.07) is 16.1. The number of nitrogens with one attached hydrogen (secondary N) is 1. The Balaban J connectivity index is 1.71. The fourth-order valence-electron chi connectivity index (χ4n) is 2.93. The molecule has 3 rings (SSSR count). The van der Waals surface area contributed by atoms with Gasteiger partial charge in [-0.15, -0.1) is 0 Å². The van der Waals surface area contributed by atoms with Crippen LogP contribution >= 0.6 is 0 Å². The lowest BCUT2D eigenvalue weighted by Gasteiger charge is -2.32. The molecule has 2 heterocycles. The van der Waals surface area contributed by atoms with Crippen molar-refractivity contribution >= 4 is 5.82 Å². The van der Waals surface area contributed by atoms with Crippen LogP contribution < -0.4 is 5.32 Å². The highest BCUT2D eigenvalue weighted by Crippen LogP contribution is 2.33. The molecule has 0 spiro atoms. The first kappa shape index (κ1) is 14.6. The number of hydrogen-bond acceptors (Lipinski definition) is 4. The lowest BCUT2D eigenvalue weighted by Crippen LogP contribution is -2.28. The van der Waals surface area contributed by atoms with Gasteiger partial charge < -0.3 is 10.1 Å². The highest BCUT2D eigenvalue weighted by atomic mass is 16.5. The molecule has 1 N–H and O–H groups in total. The molecule has 112 valence electrons. The zero-order valence-corrected chi connectivity index (χ0v) is 12.4. The van der Waals surface area contributed by atoms with E-state index < -0.39 is 0 Å². The summed E-state index contributed by atoms with van der Waals surface area (Å²) in [4.78, 5) is 4.26. The van der Waals surface area contributed by atoms with E-state index in [-0.39, 0.29) is 6.10 Å². The lowest BCUT2D eigenvalue weighted by molar-refractivity contribution is -0.0238. The number of nitriles is 1. The highest BCUT2D eigenvalue weighted by molar-refractivity contribution is 5.51. The quantitative estimate of drug-likeness (QED) is 0.937. The van der Waals surface area contributed by atoms with Crippen molar-refractivity contribution in [3.63, 3.8) is 0 Å². The second-order valence-electron chi connectivity index (χ2n) is 5.50. The van der Waals surface area contributed by atoms with Gasteiger partial charge in [0, 0.05) is 25.3 Å². The predicted molar refractivity (Wildman–Crippen MR) is 85.3 cm³/mol. The maximum Gasteiger partial charge on any atom is 0.143 e. The maximum atomic E-state index is 9.13. The molecule has 4 nitrogen and oxygen atoms in total. The van der Waals surface area contributed by atoms with E-state index in [2.05, 4.69) is 28.5 Å². The van der Waals surface area contributed by atoms with Crippen molar-refractivity contribution in [1.29, 1.82) is 5.26 Å². The fraction of sp³-hybridized carbons (Fsp3) is 0.333. The Labute approximate surface area is 130 Å². The first-order valence-corrected chi connectivity index (χ1v) is 7.64. The van der Waals surface area contributed by atoms with Crippen molar-refractivity contribution in [2.45, 2.75) is 18.9 Å². The van der Waals surface area contributed by atoms with Gasteiger partial charge in [-0.25, -0.2) is 4.98 Å². The van der Waals surface area contributed by atoms with E-state index in [1.54, 1.807) is 18.3 Å². The Morgan fingerprint density at radius 1 is 1.23 bits per heavy atom. The maximum absolute atomic E-state index is 9.13. The Morgan fingerprint density at radius 2 is 2.09 bits per heavy atom. The summed E-state index contributed by atoms with van der Waals surface area (Å²) in [5, 5.41) is 12.5. The number of rotatable bonds is 4. The molecule has 1 aromatic heterocycles. The molecule has 1 aromatic carbocycles. The Hall–Kier alpha value is -2.38. The number of aromatic nitrogens is 1. The monoisotopic (exact) mass is 293 g/mol. The van der Waals surface area contributed by atoms with Gasteiger partial charge in [-0.1, -0.05) is 30.3 Å². The van der Waals surface area contributed by atoms with E-state index in [1.165, 1.54) is 5.56 Å². The molecule has 2 aromatic rings. The Bertz CT molecular complexity index is 651. The molecule has 0 bridgehead atoms. The molecule has 0 amide bonds. The van der Waals surface area contributed by atoms with E-state index in [1.807, 2.05) is 18.2 Å². The minimum absolute atomic E-state index is 0.108. The standard InChI is InChI=1S/C18H19N3O/c19-12-15-8-4-10-20-18(15)21-13-16-9-5-11-22-17(16)14-6-2-1-3-7-14/h1-4,6-8,10,16-17H,5,9,11,13H2,(H,20,21)/t16-,17-/m1/s1. The summed E-state index contributed by atoms with van der Waals surface area (Å²) in [6.45, 7) is 1.56. The van der Waals surface area contributed by atoms with Crippen LogP contribution in [-0.2, 0) is 4.74 Å². The minimum atomic E-state index is 0.108. The number of ether oxygens (including phenoxy) is 1. The minimum Gasteiger partial charge on any atom is -0.373 e. The third-order valence-electron chi connectivity index (χ3n) is 4.03. The van der Waals surface area contributed by atoms with Crippen molar-refractivity contribution in [3.8, 4) is 6.07 Å². The fourth-order valence-corrected chi connectivity index (χ4v) is 2.93. The van der Waals surface area contributed by atoms with Gasteiger partial charge in [-0.05, 0) is 30.5 Å². The summed E-state index contributed by atoms with van der Waals surface area (Å²) >= 11 is 0. The second-order valence-corrected chi connectivity index (χ2v) is 5.50. The van der Waals surface area contributed by atoms with E-state index >= 15 is 0 Å². The zero-order chi connectivity index (χ0) is 15.2. The van der Waals surface area contributed by atoms with Crippen LogP contribution in [0, 0.1) is 17.2 Å². The number of nitrogens with zero attached hydrogens (tertiary/aromatic N) is 2. The molecule has 0 aliphatic carbocycles. The predicted octanol–water partition coefficient (Wildman–Crippen LogP) is 3.53. The van der Waals surface area contributed by atoms with Gasteiger partial charge in [0.05, 0.1) is 11.7 Å². The van der Waals surface area contributed by atoms with Gasteiger partial charge >= 0.3 is 0 Å². The van der Waals surface area contributed by atoms with E-state index in [0.717, 1.165) is 26.0 Å². The molecule has 1 aliphatic heterocycles. The summed E-state index contributed by atoms with van der Waals surface area (Å²) in [6.07, 6.45) is 4.00. The molecule has 1 saturated heterocycles. The molecule has 0 unspecified atom stereocenters. The third-order valence-corrected chi connectivity index (χ3v) is 4.03. The molecule has 4 heteroatoms. The summed E-state index contributed by atoms with van der Waals surface area (Å²) in [5.74, 6) is 1.03. The van der Waals surface area contributed by atoms with Crippen LogP contribution in [0.5, 0.6) is 0 Å². The summed E-state index contributed by atoms with van der Waals surface area (Å²) < 4.78 is 6.00. The van der Waals surface area contributed by atoms with Crippen LogP contribution in [0.15, 0.2) is 48.7 Å². The van der Waals surface area contributed by atoms with Crippen LogP contribution in [0.3, 0.4) is 0 Å². The van der Waals surface area contributed by atoms with Crippen LogP contribution in [-0.4, -0.2) is 18.1 Å². The SMILES string of the molecule is N#Cc1cccnc1NC[C@H]1CCCO[C@@H]1c1ccccc1. The van der Waals surface area contributed by atoms with Crippen LogP contribution in [0.25, 0.3) is 0 Å². The van der Waals surface area contributed by atoms with E-state index in [9.17, 15) is 0 Å². The molecular weight excluding hydrogens is 274 g/mol. The van der Waals surface area contributed by atoms with Gasteiger partial charge in [0.25, 0.3) is 0 Å². The van der Waals surface area contributed by atoms with Gasteiger partial charge in [0.1, 0.15) is 11.9 Å². The highest BCUT2D eigenvalue weighted by Gasteiger charge is 2.27. The smallest absolute Gasteiger partial charge is 0.143 e. The van der Waals surface area contributed by atoms with Crippen molar-refractivity contribution in [3.05, 3.63) is 59.8 Å². The largest absolute Gasteiger partial charge is 0.373 e. The third kappa shape index (κ3) is 3.26. The Morgan fingerprint density at radius 3 is 2.91 bits per heavy atom. The number of anilines is 1. The molecule has 2 atom stereocenters. The second kappa shape index (κ2) is 7.06. The first-order chi connectivity index (χ1) is 10.9. The average molecular weight is 293 g/mol. The molecule has 0 saturated carbocycles. The van der Waals surface area contributed by atoms with Crippen LogP contribution in [0.2, 0.25) is 0 Å². The Kier molecular flexibility index (Phi) is 4.67. The molecule has 1 aliphatic rings. The molecular formula is C18H19N3O.